The molecule has 1 unspecified atom stereocenters. The standard InChI is InChI=1S/C16H17Cl2NO/c1-10-3-4-12(7-11(10)2)15(19)9-20-16-8-13(17)5-6-14(16)18/h3-8,15H,9,19H2,1-2H3. The average molecular weight is 310 g/mol. The predicted molar refractivity (Wildman–Crippen MR) is 84.8 cm³/mol. The van der Waals surface area contributed by atoms with E-state index in [1.807, 2.05) is 6.07 Å². The fourth-order valence-electron chi connectivity index (χ4n) is 1.86. The molecule has 106 valence electrons. The fourth-order valence-corrected chi connectivity index (χ4v) is 2.19. The van der Waals surface area contributed by atoms with E-state index in [1.165, 1.54) is 11.1 Å². The van der Waals surface area contributed by atoms with E-state index in [9.17, 15) is 0 Å². The largest absolute Gasteiger partial charge is 0.490 e. The van der Waals surface area contributed by atoms with Crippen molar-refractivity contribution in [2.75, 3.05) is 6.61 Å². The molecule has 0 heterocycles. The molecule has 0 aliphatic carbocycles. The van der Waals surface area contributed by atoms with Crippen molar-refractivity contribution in [3.8, 4) is 5.75 Å². The van der Waals surface area contributed by atoms with Gasteiger partial charge in [-0.05, 0) is 42.7 Å². The van der Waals surface area contributed by atoms with Gasteiger partial charge in [0.25, 0.3) is 0 Å². The summed E-state index contributed by atoms with van der Waals surface area (Å²) >= 11 is 12.0. The maximum Gasteiger partial charge on any atom is 0.139 e. The molecule has 0 aliphatic heterocycles. The molecule has 2 N–H and O–H groups in total. The average Bonchev–Trinajstić information content (AvgIpc) is 2.42. The third kappa shape index (κ3) is 3.66. The van der Waals surface area contributed by atoms with Gasteiger partial charge in [-0.3, -0.25) is 0 Å². The maximum atomic E-state index is 6.15. The van der Waals surface area contributed by atoms with Crippen molar-refractivity contribution >= 4 is 23.2 Å². The number of aryl methyl sites for hydroxylation is 2. The minimum absolute atomic E-state index is 0.204. The van der Waals surface area contributed by atoms with Gasteiger partial charge in [0, 0.05) is 11.1 Å². The van der Waals surface area contributed by atoms with Crippen LogP contribution in [-0.4, -0.2) is 6.61 Å². The van der Waals surface area contributed by atoms with Crippen LogP contribution in [0, 0.1) is 13.8 Å². The van der Waals surface area contributed by atoms with Crippen LogP contribution in [-0.2, 0) is 0 Å². The van der Waals surface area contributed by atoms with E-state index >= 15 is 0 Å². The Morgan fingerprint density at radius 3 is 2.50 bits per heavy atom. The van der Waals surface area contributed by atoms with Crippen LogP contribution >= 0.6 is 23.2 Å². The van der Waals surface area contributed by atoms with Gasteiger partial charge in [0.05, 0.1) is 11.1 Å². The van der Waals surface area contributed by atoms with Gasteiger partial charge in [-0.1, -0.05) is 41.4 Å². The molecule has 0 aromatic heterocycles. The van der Waals surface area contributed by atoms with E-state index in [-0.39, 0.29) is 6.04 Å². The normalized spacial score (nSPS) is 12.2. The van der Waals surface area contributed by atoms with Crippen LogP contribution in [0.4, 0.5) is 0 Å². The molecule has 0 spiro atoms. The van der Waals surface area contributed by atoms with Crippen LogP contribution in [0.5, 0.6) is 5.75 Å². The van der Waals surface area contributed by atoms with Crippen LogP contribution in [0.25, 0.3) is 0 Å². The first-order chi connectivity index (χ1) is 9.47. The highest BCUT2D eigenvalue weighted by molar-refractivity contribution is 6.34. The summed E-state index contributed by atoms with van der Waals surface area (Å²) in [5, 5.41) is 1.12. The highest BCUT2D eigenvalue weighted by Gasteiger charge is 2.10. The third-order valence-corrected chi connectivity index (χ3v) is 3.82. The third-order valence-electron chi connectivity index (χ3n) is 3.27. The minimum atomic E-state index is -0.204. The SMILES string of the molecule is Cc1ccc(C(N)COc2cc(Cl)ccc2Cl)cc1C. The lowest BCUT2D eigenvalue weighted by atomic mass is 10.0. The molecule has 0 saturated carbocycles. The van der Waals surface area contributed by atoms with Gasteiger partial charge >= 0.3 is 0 Å². The summed E-state index contributed by atoms with van der Waals surface area (Å²) in [4.78, 5) is 0. The lowest BCUT2D eigenvalue weighted by molar-refractivity contribution is 0.291. The van der Waals surface area contributed by atoms with Crippen LogP contribution in [0.3, 0.4) is 0 Å². The first-order valence-corrected chi connectivity index (χ1v) is 7.13. The Labute approximate surface area is 129 Å². The molecule has 2 aromatic rings. The Morgan fingerprint density at radius 1 is 1.05 bits per heavy atom. The van der Waals surface area contributed by atoms with Gasteiger partial charge in [-0.25, -0.2) is 0 Å². The Bertz CT molecular complexity index is 613. The number of nitrogens with two attached hydrogens (primary N) is 1. The summed E-state index contributed by atoms with van der Waals surface area (Å²) in [5.41, 5.74) is 9.67. The smallest absolute Gasteiger partial charge is 0.139 e. The van der Waals surface area contributed by atoms with Gasteiger partial charge in [0.2, 0.25) is 0 Å². The van der Waals surface area contributed by atoms with Gasteiger partial charge in [0.15, 0.2) is 0 Å². The van der Waals surface area contributed by atoms with Crippen LogP contribution in [0.15, 0.2) is 36.4 Å². The van der Waals surface area contributed by atoms with Gasteiger partial charge in [-0.15, -0.1) is 0 Å². The maximum absolute atomic E-state index is 6.15. The first-order valence-electron chi connectivity index (χ1n) is 6.38. The Morgan fingerprint density at radius 2 is 1.80 bits per heavy atom. The summed E-state index contributed by atoms with van der Waals surface area (Å²) in [6, 6.07) is 11.1. The number of hydrogen-bond acceptors (Lipinski definition) is 2. The van der Waals surface area contributed by atoms with Crippen molar-refractivity contribution in [1.29, 1.82) is 0 Å². The van der Waals surface area contributed by atoms with Gasteiger partial charge in [0.1, 0.15) is 12.4 Å². The van der Waals surface area contributed by atoms with Crippen LogP contribution in [0.1, 0.15) is 22.7 Å². The zero-order chi connectivity index (χ0) is 14.7. The minimum Gasteiger partial charge on any atom is -0.490 e. The molecule has 2 aromatic carbocycles. The number of rotatable bonds is 4. The molecule has 0 bridgehead atoms. The molecule has 1 atom stereocenters. The second-order valence-corrected chi connectivity index (χ2v) is 5.68. The number of halogens is 2. The van der Waals surface area contributed by atoms with Crippen molar-refractivity contribution in [3.63, 3.8) is 0 Å². The second-order valence-electron chi connectivity index (χ2n) is 4.84. The molecule has 2 rings (SSSR count). The van der Waals surface area contributed by atoms with E-state index in [0.717, 1.165) is 5.56 Å². The van der Waals surface area contributed by atoms with E-state index in [1.54, 1.807) is 18.2 Å². The highest BCUT2D eigenvalue weighted by Crippen LogP contribution is 2.28. The summed E-state index contributed by atoms with van der Waals surface area (Å²) in [7, 11) is 0. The molecular weight excluding hydrogens is 293 g/mol. The van der Waals surface area contributed by atoms with Crippen molar-refractivity contribution < 1.29 is 4.74 Å². The molecule has 2 nitrogen and oxygen atoms in total. The Balaban J connectivity index is 2.06. The van der Waals surface area contributed by atoms with Crippen molar-refractivity contribution in [2.45, 2.75) is 19.9 Å². The van der Waals surface area contributed by atoms with E-state index in [4.69, 9.17) is 33.7 Å². The predicted octanol–water partition coefficient (Wildman–Crippen LogP) is 4.69. The lowest BCUT2D eigenvalue weighted by Gasteiger charge is -2.15. The number of benzene rings is 2. The topological polar surface area (TPSA) is 35.2 Å². The van der Waals surface area contributed by atoms with Crippen LogP contribution in [0.2, 0.25) is 10.0 Å². The summed E-state index contributed by atoms with van der Waals surface area (Å²) in [6.07, 6.45) is 0. The number of ether oxygens (including phenoxy) is 1. The molecule has 20 heavy (non-hydrogen) atoms. The Kier molecular flexibility index (Phi) is 4.92. The quantitative estimate of drug-likeness (QED) is 0.889. The van der Waals surface area contributed by atoms with Gasteiger partial charge in [-0.2, -0.15) is 0 Å². The lowest BCUT2D eigenvalue weighted by Crippen LogP contribution is -2.19. The van der Waals surface area contributed by atoms with Crippen molar-refractivity contribution in [3.05, 3.63) is 63.1 Å². The molecule has 0 amide bonds. The number of hydrogen-bond donors (Lipinski definition) is 1. The molecule has 0 aliphatic rings. The monoisotopic (exact) mass is 309 g/mol. The summed E-state index contributed by atoms with van der Waals surface area (Å²) < 4.78 is 5.66. The van der Waals surface area contributed by atoms with E-state index < -0.39 is 0 Å². The van der Waals surface area contributed by atoms with Gasteiger partial charge < -0.3 is 10.5 Å². The Hall–Kier alpha value is -1.22. The second kappa shape index (κ2) is 6.49. The summed E-state index contributed by atoms with van der Waals surface area (Å²) in [6.45, 7) is 4.50. The molecular formula is C16H17Cl2NO. The summed E-state index contributed by atoms with van der Waals surface area (Å²) in [5.74, 6) is 0.554. The first kappa shape index (κ1) is 15.2. The highest BCUT2D eigenvalue weighted by atomic mass is 35.5. The van der Waals surface area contributed by atoms with E-state index in [2.05, 4.69) is 26.0 Å². The van der Waals surface area contributed by atoms with Crippen LogP contribution < -0.4 is 10.5 Å². The van der Waals surface area contributed by atoms with Crippen molar-refractivity contribution in [2.24, 2.45) is 5.73 Å². The zero-order valence-corrected chi connectivity index (χ0v) is 13.0. The fraction of sp³-hybridized carbons (Fsp3) is 0.250. The molecule has 0 radical (unpaired) electrons. The zero-order valence-electron chi connectivity index (χ0n) is 11.5. The van der Waals surface area contributed by atoms with Crippen molar-refractivity contribution in [1.82, 2.24) is 0 Å². The molecule has 0 fully saturated rings. The van der Waals surface area contributed by atoms with E-state index in [0.29, 0.717) is 22.4 Å². The molecule has 4 heteroatoms. The molecule has 0 saturated heterocycles.